The van der Waals surface area contributed by atoms with Crippen molar-refractivity contribution in [2.45, 2.75) is 13.8 Å². The van der Waals surface area contributed by atoms with E-state index in [1.54, 1.807) is 5.38 Å². The van der Waals surface area contributed by atoms with Crippen molar-refractivity contribution >= 4 is 22.9 Å². The van der Waals surface area contributed by atoms with Gasteiger partial charge in [-0.2, -0.15) is 0 Å². The van der Waals surface area contributed by atoms with E-state index in [1.807, 2.05) is 57.3 Å². The number of carbonyl (C=O) groups excluding carboxylic acids is 1. The zero-order valence-corrected chi connectivity index (χ0v) is 13.6. The lowest BCUT2D eigenvalue weighted by Gasteiger charge is -2.06. The summed E-state index contributed by atoms with van der Waals surface area (Å²) >= 11 is 1.48. The molecule has 0 saturated heterocycles. The fourth-order valence-electron chi connectivity index (χ4n) is 2.22. The SMILES string of the molecule is Cc1ccccc1NC(=O)c1csc(-c2ccc(C)n2C)n1. The van der Waals surface area contributed by atoms with Gasteiger partial charge in [-0.15, -0.1) is 11.3 Å². The van der Waals surface area contributed by atoms with Gasteiger partial charge in [-0.1, -0.05) is 18.2 Å². The molecule has 22 heavy (non-hydrogen) atoms. The Hall–Kier alpha value is -2.40. The number of benzene rings is 1. The highest BCUT2D eigenvalue weighted by atomic mass is 32.1. The van der Waals surface area contributed by atoms with E-state index in [2.05, 4.69) is 14.9 Å². The number of hydrogen-bond acceptors (Lipinski definition) is 3. The molecule has 112 valence electrons. The third kappa shape index (κ3) is 2.67. The maximum Gasteiger partial charge on any atom is 0.275 e. The van der Waals surface area contributed by atoms with Crippen LogP contribution in [0.2, 0.25) is 0 Å². The van der Waals surface area contributed by atoms with Crippen molar-refractivity contribution in [2.24, 2.45) is 7.05 Å². The predicted molar refractivity (Wildman–Crippen MR) is 90.4 cm³/mol. The Morgan fingerprint density at radius 3 is 2.64 bits per heavy atom. The zero-order chi connectivity index (χ0) is 15.7. The third-order valence-electron chi connectivity index (χ3n) is 3.72. The van der Waals surface area contributed by atoms with Gasteiger partial charge in [0.25, 0.3) is 5.91 Å². The highest BCUT2D eigenvalue weighted by Gasteiger charge is 2.14. The van der Waals surface area contributed by atoms with E-state index >= 15 is 0 Å². The van der Waals surface area contributed by atoms with E-state index in [9.17, 15) is 4.79 Å². The quantitative estimate of drug-likeness (QED) is 0.794. The number of aromatic nitrogens is 2. The van der Waals surface area contributed by atoms with Crippen LogP contribution < -0.4 is 5.32 Å². The summed E-state index contributed by atoms with van der Waals surface area (Å²) in [6.07, 6.45) is 0. The second-order valence-electron chi connectivity index (χ2n) is 5.23. The smallest absolute Gasteiger partial charge is 0.275 e. The molecule has 1 aromatic carbocycles. The van der Waals surface area contributed by atoms with Crippen molar-refractivity contribution in [2.75, 3.05) is 5.32 Å². The highest BCUT2D eigenvalue weighted by Crippen LogP contribution is 2.25. The van der Waals surface area contributed by atoms with Gasteiger partial charge in [-0.05, 0) is 37.6 Å². The summed E-state index contributed by atoms with van der Waals surface area (Å²) in [5.41, 5.74) is 4.48. The monoisotopic (exact) mass is 311 g/mol. The fraction of sp³-hybridized carbons (Fsp3) is 0.176. The Labute approximate surface area is 133 Å². The molecule has 1 N–H and O–H groups in total. The first-order valence-electron chi connectivity index (χ1n) is 7.01. The van der Waals surface area contributed by atoms with Crippen LogP contribution >= 0.6 is 11.3 Å². The number of carbonyl (C=O) groups is 1. The van der Waals surface area contributed by atoms with Crippen LogP contribution in [0.1, 0.15) is 21.7 Å². The molecule has 0 fully saturated rings. The first-order chi connectivity index (χ1) is 10.6. The molecule has 0 atom stereocenters. The van der Waals surface area contributed by atoms with Crippen LogP contribution in [0.15, 0.2) is 41.8 Å². The van der Waals surface area contributed by atoms with E-state index in [0.717, 1.165) is 27.6 Å². The lowest BCUT2D eigenvalue weighted by atomic mass is 10.2. The number of nitrogens with zero attached hydrogens (tertiary/aromatic N) is 2. The average molecular weight is 311 g/mol. The summed E-state index contributed by atoms with van der Waals surface area (Å²) in [7, 11) is 2.00. The number of para-hydroxylation sites is 1. The van der Waals surface area contributed by atoms with E-state index in [4.69, 9.17) is 0 Å². The number of nitrogens with one attached hydrogen (secondary N) is 1. The predicted octanol–water partition coefficient (Wildman–Crippen LogP) is 4.02. The van der Waals surface area contributed by atoms with Crippen LogP contribution in [0.3, 0.4) is 0 Å². The Kier molecular flexibility index (Phi) is 3.81. The first-order valence-corrected chi connectivity index (χ1v) is 7.89. The molecule has 3 rings (SSSR count). The molecule has 3 aromatic rings. The van der Waals surface area contributed by atoms with Gasteiger partial charge in [0.1, 0.15) is 10.7 Å². The maximum absolute atomic E-state index is 12.3. The van der Waals surface area contributed by atoms with Crippen LogP contribution in [0.25, 0.3) is 10.7 Å². The van der Waals surface area contributed by atoms with Crippen LogP contribution in [-0.4, -0.2) is 15.5 Å². The second kappa shape index (κ2) is 5.77. The minimum Gasteiger partial charge on any atom is -0.346 e. The number of aryl methyl sites for hydroxylation is 2. The number of anilines is 1. The van der Waals surface area contributed by atoms with Gasteiger partial charge in [0.05, 0.1) is 5.69 Å². The Balaban J connectivity index is 1.83. The number of rotatable bonds is 3. The first kappa shape index (κ1) is 14.5. The zero-order valence-electron chi connectivity index (χ0n) is 12.8. The summed E-state index contributed by atoms with van der Waals surface area (Å²) < 4.78 is 2.07. The van der Waals surface area contributed by atoms with Crippen molar-refractivity contribution in [3.63, 3.8) is 0 Å². The lowest BCUT2D eigenvalue weighted by molar-refractivity contribution is 0.102. The molecule has 0 aliphatic rings. The molecule has 0 unspecified atom stereocenters. The molecule has 0 aliphatic carbocycles. The van der Waals surface area contributed by atoms with Gasteiger partial charge in [0, 0.05) is 23.8 Å². The van der Waals surface area contributed by atoms with E-state index in [1.165, 1.54) is 11.3 Å². The standard InChI is InChI=1S/C17H17N3OS/c1-11-6-4-5-7-13(11)18-16(21)14-10-22-17(19-14)15-9-8-12(2)20(15)3/h4-10H,1-3H3,(H,18,21). The minimum atomic E-state index is -0.178. The van der Waals surface area contributed by atoms with Crippen LogP contribution in [0.5, 0.6) is 0 Å². The average Bonchev–Trinajstić information content (AvgIpc) is 3.10. The molecule has 0 radical (unpaired) electrons. The Morgan fingerprint density at radius 2 is 1.95 bits per heavy atom. The van der Waals surface area contributed by atoms with Crippen LogP contribution in [-0.2, 0) is 7.05 Å². The summed E-state index contributed by atoms with van der Waals surface area (Å²) in [5, 5.41) is 5.56. The molecule has 0 spiro atoms. The molecule has 0 saturated carbocycles. The molecule has 1 amide bonds. The number of amides is 1. The van der Waals surface area contributed by atoms with Crippen LogP contribution in [0.4, 0.5) is 5.69 Å². The molecule has 2 heterocycles. The van der Waals surface area contributed by atoms with Crippen molar-refractivity contribution in [3.05, 3.63) is 58.7 Å². The maximum atomic E-state index is 12.3. The number of hydrogen-bond donors (Lipinski definition) is 1. The van der Waals surface area contributed by atoms with Gasteiger partial charge in [-0.25, -0.2) is 4.98 Å². The summed E-state index contributed by atoms with van der Waals surface area (Å²) in [6.45, 7) is 4.01. The number of thiazole rings is 1. The second-order valence-corrected chi connectivity index (χ2v) is 6.08. The largest absolute Gasteiger partial charge is 0.346 e. The summed E-state index contributed by atoms with van der Waals surface area (Å²) in [5.74, 6) is -0.178. The van der Waals surface area contributed by atoms with E-state index in [-0.39, 0.29) is 5.91 Å². The van der Waals surface area contributed by atoms with Crippen molar-refractivity contribution in [3.8, 4) is 10.7 Å². The van der Waals surface area contributed by atoms with Crippen molar-refractivity contribution in [1.29, 1.82) is 0 Å². The third-order valence-corrected chi connectivity index (χ3v) is 4.59. The van der Waals surface area contributed by atoms with E-state index < -0.39 is 0 Å². The van der Waals surface area contributed by atoms with Gasteiger partial charge in [0.2, 0.25) is 0 Å². The topological polar surface area (TPSA) is 46.9 Å². The summed E-state index contributed by atoms with van der Waals surface area (Å²) in [6, 6.07) is 11.8. The fourth-order valence-corrected chi connectivity index (χ4v) is 3.08. The molecule has 0 bridgehead atoms. The van der Waals surface area contributed by atoms with Crippen LogP contribution in [0, 0.1) is 13.8 Å². The normalized spacial score (nSPS) is 10.7. The molecular formula is C17H17N3OS. The van der Waals surface area contributed by atoms with Gasteiger partial charge in [-0.3, -0.25) is 4.79 Å². The highest BCUT2D eigenvalue weighted by molar-refractivity contribution is 7.13. The van der Waals surface area contributed by atoms with E-state index in [0.29, 0.717) is 5.69 Å². The lowest BCUT2D eigenvalue weighted by Crippen LogP contribution is -2.13. The molecule has 0 aliphatic heterocycles. The van der Waals surface area contributed by atoms with Crippen molar-refractivity contribution in [1.82, 2.24) is 9.55 Å². The van der Waals surface area contributed by atoms with Crippen molar-refractivity contribution < 1.29 is 4.79 Å². The molecular weight excluding hydrogens is 294 g/mol. The Bertz CT molecular complexity index is 832. The minimum absolute atomic E-state index is 0.178. The van der Waals surface area contributed by atoms with Gasteiger partial charge < -0.3 is 9.88 Å². The summed E-state index contributed by atoms with van der Waals surface area (Å²) in [4.78, 5) is 16.8. The van der Waals surface area contributed by atoms with Gasteiger partial charge in [0.15, 0.2) is 0 Å². The molecule has 2 aromatic heterocycles. The Morgan fingerprint density at radius 1 is 1.18 bits per heavy atom. The van der Waals surface area contributed by atoms with Gasteiger partial charge >= 0.3 is 0 Å². The molecule has 5 heteroatoms. The molecule has 4 nitrogen and oxygen atoms in total.